The highest BCUT2D eigenvalue weighted by atomic mass is 15.0. The van der Waals surface area contributed by atoms with Crippen molar-refractivity contribution in [2.75, 3.05) is 7.05 Å². The molecule has 80 valence electrons. The van der Waals surface area contributed by atoms with E-state index >= 15 is 0 Å². The number of rotatable bonds is 2. The van der Waals surface area contributed by atoms with Gasteiger partial charge in [0.2, 0.25) is 0 Å². The van der Waals surface area contributed by atoms with Gasteiger partial charge in [-0.25, -0.2) is 0 Å². The van der Waals surface area contributed by atoms with E-state index in [1.54, 1.807) is 0 Å². The van der Waals surface area contributed by atoms with Crippen LogP contribution in [0, 0.1) is 13.8 Å². The van der Waals surface area contributed by atoms with Crippen molar-refractivity contribution in [1.82, 2.24) is 9.88 Å². The maximum atomic E-state index is 3.22. The molecule has 0 spiro atoms. The Morgan fingerprint density at radius 2 is 2.00 bits per heavy atom. The lowest BCUT2D eigenvalue weighted by molar-refractivity contribution is 0.739. The molecule has 1 heterocycles. The number of hydrogen-bond donors (Lipinski definition) is 1. The van der Waals surface area contributed by atoms with E-state index in [2.05, 4.69) is 49.0 Å². The van der Waals surface area contributed by atoms with Crippen LogP contribution in [0.15, 0.2) is 18.2 Å². The molecule has 2 aromatic rings. The normalized spacial score (nSPS) is 11.2. The zero-order valence-corrected chi connectivity index (χ0v) is 9.89. The Kier molecular flexibility index (Phi) is 2.53. The van der Waals surface area contributed by atoms with Gasteiger partial charge in [0.1, 0.15) is 0 Å². The van der Waals surface area contributed by atoms with E-state index in [0.29, 0.717) is 0 Å². The number of aryl methyl sites for hydroxylation is 3. The summed E-state index contributed by atoms with van der Waals surface area (Å²) in [5.74, 6) is 0. The molecule has 2 nitrogen and oxygen atoms in total. The van der Waals surface area contributed by atoms with Gasteiger partial charge in [-0.05, 0) is 38.6 Å². The third kappa shape index (κ3) is 1.55. The molecule has 2 rings (SSSR count). The van der Waals surface area contributed by atoms with Crippen molar-refractivity contribution in [1.29, 1.82) is 0 Å². The second-order valence-electron chi connectivity index (χ2n) is 4.18. The Labute approximate surface area is 90.9 Å². The average Bonchev–Trinajstić information content (AvgIpc) is 2.44. The minimum atomic E-state index is 0.927. The van der Waals surface area contributed by atoms with Crippen molar-refractivity contribution in [2.24, 2.45) is 7.05 Å². The molecule has 0 amide bonds. The van der Waals surface area contributed by atoms with E-state index in [1.807, 2.05) is 7.05 Å². The molecule has 0 radical (unpaired) electrons. The van der Waals surface area contributed by atoms with Gasteiger partial charge in [0.05, 0.1) is 0 Å². The Hall–Kier alpha value is -1.28. The number of nitrogens with zero attached hydrogens (tertiary/aromatic N) is 1. The molecule has 1 aromatic carbocycles. The van der Waals surface area contributed by atoms with Gasteiger partial charge < -0.3 is 9.88 Å². The van der Waals surface area contributed by atoms with Gasteiger partial charge in [-0.1, -0.05) is 11.6 Å². The van der Waals surface area contributed by atoms with Crippen LogP contribution in [0.4, 0.5) is 0 Å². The van der Waals surface area contributed by atoms with Crippen molar-refractivity contribution in [3.8, 4) is 0 Å². The van der Waals surface area contributed by atoms with Crippen molar-refractivity contribution < 1.29 is 0 Å². The standard InChI is InChI=1S/C13H18N2/c1-9-5-6-12-11(7-9)10(2)13(8-14-3)15(12)4/h5-7,14H,8H2,1-4H3. The van der Waals surface area contributed by atoms with E-state index in [-0.39, 0.29) is 0 Å². The van der Waals surface area contributed by atoms with Gasteiger partial charge >= 0.3 is 0 Å². The van der Waals surface area contributed by atoms with Gasteiger partial charge in [-0.3, -0.25) is 0 Å². The maximum absolute atomic E-state index is 3.22. The molecule has 15 heavy (non-hydrogen) atoms. The van der Waals surface area contributed by atoms with Crippen LogP contribution in [-0.2, 0) is 13.6 Å². The van der Waals surface area contributed by atoms with E-state index in [9.17, 15) is 0 Å². The van der Waals surface area contributed by atoms with Crippen LogP contribution in [0.2, 0.25) is 0 Å². The first-order valence-corrected chi connectivity index (χ1v) is 5.34. The van der Waals surface area contributed by atoms with E-state index in [4.69, 9.17) is 0 Å². The largest absolute Gasteiger partial charge is 0.346 e. The van der Waals surface area contributed by atoms with Crippen LogP contribution >= 0.6 is 0 Å². The summed E-state index contributed by atoms with van der Waals surface area (Å²) in [6.45, 7) is 5.27. The van der Waals surface area contributed by atoms with Gasteiger partial charge in [-0.15, -0.1) is 0 Å². The van der Waals surface area contributed by atoms with Crippen molar-refractivity contribution in [3.63, 3.8) is 0 Å². The van der Waals surface area contributed by atoms with Crippen molar-refractivity contribution >= 4 is 10.9 Å². The van der Waals surface area contributed by atoms with Crippen LogP contribution in [0.1, 0.15) is 16.8 Å². The number of fused-ring (bicyclic) bond motifs is 1. The molecule has 0 unspecified atom stereocenters. The minimum Gasteiger partial charge on any atom is -0.346 e. The monoisotopic (exact) mass is 202 g/mol. The Morgan fingerprint density at radius 3 is 2.67 bits per heavy atom. The zero-order valence-electron chi connectivity index (χ0n) is 9.89. The van der Waals surface area contributed by atoms with Crippen LogP contribution in [0.3, 0.4) is 0 Å². The summed E-state index contributed by atoms with van der Waals surface area (Å²) in [7, 11) is 4.12. The van der Waals surface area contributed by atoms with Crippen molar-refractivity contribution in [3.05, 3.63) is 35.0 Å². The predicted molar refractivity (Wildman–Crippen MR) is 65.2 cm³/mol. The second-order valence-corrected chi connectivity index (χ2v) is 4.18. The van der Waals surface area contributed by atoms with Gasteiger partial charge in [0.25, 0.3) is 0 Å². The second kappa shape index (κ2) is 3.70. The summed E-state index contributed by atoms with van der Waals surface area (Å²) in [5, 5.41) is 4.60. The Bertz CT molecular complexity index is 495. The lowest BCUT2D eigenvalue weighted by Crippen LogP contribution is -2.10. The molecule has 1 aromatic heterocycles. The van der Waals surface area contributed by atoms with E-state index in [0.717, 1.165) is 6.54 Å². The fraction of sp³-hybridized carbons (Fsp3) is 0.385. The quantitative estimate of drug-likeness (QED) is 0.791. The number of aromatic nitrogens is 1. The zero-order chi connectivity index (χ0) is 11.0. The fourth-order valence-electron chi connectivity index (χ4n) is 2.21. The lowest BCUT2D eigenvalue weighted by atomic mass is 10.1. The summed E-state index contributed by atoms with van der Waals surface area (Å²) < 4.78 is 2.28. The van der Waals surface area contributed by atoms with Crippen LogP contribution < -0.4 is 5.32 Å². The highest BCUT2D eigenvalue weighted by molar-refractivity contribution is 5.85. The smallest absolute Gasteiger partial charge is 0.0483 e. The molecule has 0 aliphatic carbocycles. The Balaban J connectivity index is 2.73. The Morgan fingerprint density at radius 1 is 1.27 bits per heavy atom. The minimum absolute atomic E-state index is 0.927. The van der Waals surface area contributed by atoms with Gasteiger partial charge in [-0.2, -0.15) is 0 Å². The van der Waals surface area contributed by atoms with Crippen LogP contribution in [0.25, 0.3) is 10.9 Å². The molecule has 0 bridgehead atoms. The third-order valence-corrected chi connectivity index (χ3v) is 3.10. The number of nitrogens with one attached hydrogen (secondary N) is 1. The summed E-state index contributed by atoms with van der Waals surface area (Å²) in [5.41, 5.74) is 5.42. The lowest BCUT2D eigenvalue weighted by Gasteiger charge is -2.04. The molecule has 0 saturated carbocycles. The highest BCUT2D eigenvalue weighted by Crippen LogP contribution is 2.25. The first-order chi connectivity index (χ1) is 7.15. The first kappa shape index (κ1) is 10.2. The molecule has 0 aliphatic rings. The average molecular weight is 202 g/mol. The van der Waals surface area contributed by atoms with Gasteiger partial charge in [0.15, 0.2) is 0 Å². The first-order valence-electron chi connectivity index (χ1n) is 5.34. The van der Waals surface area contributed by atoms with Gasteiger partial charge in [0, 0.05) is 30.2 Å². The molecule has 2 heteroatoms. The van der Waals surface area contributed by atoms with Crippen molar-refractivity contribution in [2.45, 2.75) is 20.4 Å². The summed E-state index contributed by atoms with van der Waals surface area (Å²) >= 11 is 0. The summed E-state index contributed by atoms with van der Waals surface area (Å²) in [6, 6.07) is 6.64. The van der Waals surface area contributed by atoms with Crippen LogP contribution in [-0.4, -0.2) is 11.6 Å². The molecule has 1 N–H and O–H groups in total. The maximum Gasteiger partial charge on any atom is 0.0483 e. The number of benzene rings is 1. The summed E-state index contributed by atoms with van der Waals surface area (Å²) in [6.07, 6.45) is 0. The third-order valence-electron chi connectivity index (χ3n) is 3.10. The number of hydrogen-bond acceptors (Lipinski definition) is 1. The predicted octanol–water partition coefficient (Wildman–Crippen LogP) is 2.51. The molecular weight excluding hydrogens is 184 g/mol. The molecular formula is C13H18N2. The SMILES string of the molecule is CNCc1c(C)c2cc(C)ccc2n1C. The topological polar surface area (TPSA) is 17.0 Å². The molecule has 0 atom stereocenters. The summed E-state index contributed by atoms with van der Waals surface area (Å²) in [4.78, 5) is 0. The molecule has 0 fully saturated rings. The van der Waals surface area contributed by atoms with Crippen LogP contribution in [0.5, 0.6) is 0 Å². The molecule has 0 aliphatic heterocycles. The van der Waals surface area contributed by atoms with E-state index < -0.39 is 0 Å². The fourth-order valence-corrected chi connectivity index (χ4v) is 2.21. The molecule has 0 saturated heterocycles. The highest BCUT2D eigenvalue weighted by Gasteiger charge is 2.10. The van der Waals surface area contributed by atoms with E-state index in [1.165, 1.54) is 27.7 Å².